The molecule has 1 aromatic heterocycles. The summed E-state index contributed by atoms with van der Waals surface area (Å²) in [5, 5.41) is 4.53. The van der Waals surface area contributed by atoms with Crippen LogP contribution in [0.1, 0.15) is 25.2 Å². The summed E-state index contributed by atoms with van der Waals surface area (Å²) < 4.78 is 9.98. The smallest absolute Gasteiger partial charge is 0.205 e. The Hall–Kier alpha value is -2.35. The molecule has 0 bridgehead atoms. The van der Waals surface area contributed by atoms with Crippen molar-refractivity contribution in [2.45, 2.75) is 26.7 Å². The van der Waals surface area contributed by atoms with E-state index in [-0.39, 0.29) is 0 Å². The number of aromatic nitrogens is 2. The Morgan fingerprint density at radius 2 is 2.07 bits per heavy atom. The second-order valence-corrected chi connectivity index (χ2v) is 7.36. The Morgan fingerprint density at radius 3 is 2.75 bits per heavy atom. The number of hydrogen-bond donors (Lipinski definition) is 1. The van der Waals surface area contributed by atoms with Gasteiger partial charge in [0.25, 0.3) is 0 Å². The monoisotopic (exact) mass is 402 g/mol. The molecule has 0 radical (unpaired) electrons. The summed E-state index contributed by atoms with van der Waals surface area (Å²) in [6.45, 7) is 9.38. The summed E-state index contributed by atoms with van der Waals surface area (Å²) in [6, 6.07) is 8.30. The fraction of sp³-hybridized carbons (Fsp3) is 0.550. The summed E-state index contributed by atoms with van der Waals surface area (Å²) >= 11 is 1.50. The van der Waals surface area contributed by atoms with E-state index >= 15 is 0 Å². The van der Waals surface area contributed by atoms with Crippen LogP contribution in [0, 0.1) is 0 Å². The van der Waals surface area contributed by atoms with Gasteiger partial charge in [-0.15, -0.1) is 0 Å². The second-order valence-electron chi connectivity index (χ2n) is 6.63. The molecule has 1 aromatic carbocycles. The zero-order valence-corrected chi connectivity index (χ0v) is 17.8. The van der Waals surface area contributed by atoms with Gasteiger partial charge >= 0.3 is 0 Å². The number of aliphatic imine (C=N–C) groups is 1. The molecular formula is C20H30N6OS. The molecule has 0 aliphatic carbocycles. The number of aryl methyl sites for hydroxylation is 1. The minimum atomic E-state index is 0.692. The van der Waals surface area contributed by atoms with E-state index in [4.69, 9.17) is 4.74 Å². The van der Waals surface area contributed by atoms with Gasteiger partial charge in [0, 0.05) is 57.7 Å². The lowest BCUT2D eigenvalue weighted by molar-refractivity contribution is 0.340. The molecule has 3 rings (SSSR count). The van der Waals surface area contributed by atoms with Crippen LogP contribution in [0.2, 0.25) is 0 Å². The molecule has 7 nitrogen and oxygen atoms in total. The fourth-order valence-electron chi connectivity index (χ4n) is 3.23. The van der Waals surface area contributed by atoms with Crippen molar-refractivity contribution in [1.82, 2.24) is 19.6 Å². The molecular weight excluding hydrogens is 372 g/mol. The van der Waals surface area contributed by atoms with Gasteiger partial charge in [0.05, 0.1) is 6.61 Å². The molecule has 1 saturated heterocycles. The van der Waals surface area contributed by atoms with Crippen LogP contribution in [0.5, 0.6) is 5.75 Å². The van der Waals surface area contributed by atoms with Gasteiger partial charge in [0.15, 0.2) is 5.96 Å². The lowest BCUT2D eigenvalue weighted by Gasteiger charge is -2.36. The summed E-state index contributed by atoms with van der Waals surface area (Å²) in [5.74, 6) is 2.84. The number of hydrogen-bond acceptors (Lipinski definition) is 6. The Kier molecular flexibility index (Phi) is 7.47. The molecule has 0 atom stereocenters. The first-order valence-electron chi connectivity index (χ1n) is 9.98. The van der Waals surface area contributed by atoms with Gasteiger partial charge in [0.2, 0.25) is 5.13 Å². The van der Waals surface area contributed by atoms with Crippen LogP contribution >= 0.6 is 11.5 Å². The first kappa shape index (κ1) is 20.4. The Labute approximate surface area is 171 Å². The van der Waals surface area contributed by atoms with Crippen molar-refractivity contribution >= 4 is 22.6 Å². The van der Waals surface area contributed by atoms with Crippen LogP contribution in [0.15, 0.2) is 29.3 Å². The van der Waals surface area contributed by atoms with Gasteiger partial charge in [-0.2, -0.15) is 4.37 Å². The van der Waals surface area contributed by atoms with E-state index in [1.54, 1.807) is 0 Å². The number of ether oxygens (including phenoxy) is 1. The maximum absolute atomic E-state index is 5.58. The highest BCUT2D eigenvalue weighted by molar-refractivity contribution is 7.09. The molecule has 1 aliphatic rings. The number of piperazine rings is 1. The van der Waals surface area contributed by atoms with Gasteiger partial charge in [-0.3, -0.25) is 4.99 Å². The topological polar surface area (TPSA) is 65.9 Å². The molecule has 1 fully saturated rings. The fourth-order valence-corrected chi connectivity index (χ4v) is 4.04. The van der Waals surface area contributed by atoms with Crippen molar-refractivity contribution in [1.29, 1.82) is 0 Å². The van der Waals surface area contributed by atoms with E-state index in [1.807, 2.05) is 26.1 Å². The molecule has 0 saturated carbocycles. The second kappa shape index (κ2) is 10.3. The molecule has 2 aromatic rings. The van der Waals surface area contributed by atoms with Crippen LogP contribution in [0.4, 0.5) is 5.13 Å². The Morgan fingerprint density at radius 1 is 1.25 bits per heavy atom. The molecule has 0 spiro atoms. The van der Waals surface area contributed by atoms with Gasteiger partial charge in [0.1, 0.15) is 11.6 Å². The highest BCUT2D eigenvalue weighted by Crippen LogP contribution is 2.19. The first-order chi connectivity index (χ1) is 13.7. The molecule has 0 unspecified atom stereocenters. The quantitative estimate of drug-likeness (QED) is 0.567. The standard InChI is InChI=1S/C20H30N6OS/c1-4-18-23-20(28-24-18)26-13-11-25(12-14-26)19(21-3)22-10-9-16-7-6-8-17(15-16)27-5-2/h6-8,15H,4-5,9-14H2,1-3H3,(H,21,22). The largest absolute Gasteiger partial charge is 0.494 e. The molecule has 28 heavy (non-hydrogen) atoms. The van der Waals surface area contributed by atoms with Gasteiger partial charge in [-0.25, -0.2) is 4.98 Å². The zero-order valence-electron chi connectivity index (χ0n) is 17.0. The number of nitrogens with zero attached hydrogens (tertiary/aromatic N) is 5. The summed E-state index contributed by atoms with van der Waals surface area (Å²) in [4.78, 5) is 13.7. The van der Waals surface area contributed by atoms with Gasteiger partial charge in [-0.05, 0) is 31.0 Å². The third-order valence-electron chi connectivity index (χ3n) is 4.74. The molecule has 8 heteroatoms. The Balaban J connectivity index is 1.46. The van der Waals surface area contributed by atoms with Gasteiger partial charge < -0.3 is 19.9 Å². The van der Waals surface area contributed by atoms with Crippen LogP contribution in [0.25, 0.3) is 0 Å². The van der Waals surface area contributed by atoms with E-state index < -0.39 is 0 Å². The number of nitrogens with one attached hydrogen (secondary N) is 1. The van der Waals surface area contributed by atoms with Crippen molar-refractivity contribution in [3.63, 3.8) is 0 Å². The lowest BCUT2D eigenvalue weighted by Crippen LogP contribution is -2.52. The third-order valence-corrected chi connectivity index (χ3v) is 5.56. The number of anilines is 1. The van der Waals surface area contributed by atoms with E-state index in [1.165, 1.54) is 17.1 Å². The van der Waals surface area contributed by atoms with Crippen molar-refractivity contribution in [2.24, 2.45) is 4.99 Å². The van der Waals surface area contributed by atoms with Gasteiger partial charge in [-0.1, -0.05) is 19.1 Å². The molecule has 1 N–H and O–H groups in total. The van der Waals surface area contributed by atoms with Crippen LogP contribution in [-0.2, 0) is 12.8 Å². The maximum Gasteiger partial charge on any atom is 0.205 e. The number of rotatable bonds is 7. The SMILES string of the molecule is CCOc1cccc(CCNC(=NC)N2CCN(c3nc(CC)ns3)CC2)c1. The zero-order chi connectivity index (χ0) is 19.8. The highest BCUT2D eigenvalue weighted by atomic mass is 32.1. The third kappa shape index (κ3) is 5.34. The summed E-state index contributed by atoms with van der Waals surface area (Å²) in [7, 11) is 1.85. The lowest BCUT2D eigenvalue weighted by atomic mass is 10.1. The predicted octanol–water partition coefficient (Wildman–Crippen LogP) is 2.44. The molecule has 152 valence electrons. The minimum Gasteiger partial charge on any atom is -0.494 e. The first-order valence-corrected chi connectivity index (χ1v) is 10.8. The average Bonchev–Trinajstić information content (AvgIpc) is 3.21. The van der Waals surface area contributed by atoms with E-state index in [2.05, 4.69) is 48.5 Å². The maximum atomic E-state index is 5.58. The normalized spacial score (nSPS) is 15.0. The molecule has 2 heterocycles. The molecule has 0 amide bonds. The molecule has 1 aliphatic heterocycles. The van der Waals surface area contributed by atoms with Crippen LogP contribution in [-0.4, -0.2) is 66.6 Å². The summed E-state index contributed by atoms with van der Waals surface area (Å²) in [6.07, 6.45) is 1.82. The minimum absolute atomic E-state index is 0.692. The van der Waals surface area contributed by atoms with E-state index in [0.29, 0.717) is 6.61 Å². The van der Waals surface area contributed by atoms with Crippen molar-refractivity contribution in [2.75, 3.05) is 51.3 Å². The highest BCUT2D eigenvalue weighted by Gasteiger charge is 2.21. The summed E-state index contributed by atoms with van der Waals surface area (Å²) in [5.41, 5.74) is 1.27. The van der Waals surface area contributed by atoms with Crippen molar-refractivity contribution in [3.8, 4) is 5.75 Å². The van der Waals surface area contributed by atoms with Crippen LogP contribution < -0.4 is 15.0 Å². The van der Waals surface area contributed by atoms with Crippen LogP contribution in [0.3, 0.4) is 0 Å². The predicted molar refractivity (Wildman–Crippen MR) is 116 cm³/mol. The van der Waals surface area contributed by atoms with Crippen molar-refractivity contribution < 1.29 is 4.74 Å². The average molecular weight is 403 g/mol. The Bertz CT molecular complexity index is 770. The van der Waals surface area contributed by atoms with E-state index in [0.717, 1.165) is 68.2 Å². The van der Waals surface area contributed by atoms with E-state index in [9.17, 15) is 0 Å². The number of benzene rings is 1. The van der Waals surface area contributed by atoms with Crippen molar-refractivity contribution in [3.05, 3.63) is 35.7 Å². The number of guanidine groups is 1.